The van der Waals surface area contributed by atoms with Gasteiger partial charge < -0.3 is 18.9 Å². The van der Waals surface area contributed by atoms with Gasteiger partial charge in [0.1, 0.15) is 11.5 Å². The highest BCUT2D eigenvalue weighted by Crippen LogP contribution is 2.43. The van der Waals surface area contributed by atoms with Gasteiger partial charge in [-0.2, -0.15) is 0 Å². The maximum atomic E-state index is 6.56. The number of benzene rings is 6. The summed E-state index contributed by atoms with van der Waals surface area (Å²) in [5.74, 6) is 2.11. The first kappa shape index (κ1) is 52.1. The van der Waals surface area contributed by atoms with Gasteiger partial charge in [-0.15, -0.1) is 0 Å². The fourth-order valence-corrected chi connectivity index (χ4v) is 14.7. The highest BCUT2D eigenvalue weighted by Gasteiger charge is 2.30. The third-order valence-corrected chi connectivity index (χ3v) is 17.9. The molecule has 6 rings (SSSR count). The fourth-order valence-electron chi connectivity index (χ4n) is 9.69. The molecule has 4 nitrogen and oxygen atoms in total. The van der Waals surface area contributed by atoms with E-state index in [0.29, 0.717) is 13.2 Å². The monoisotopic (exact) mass is 937 g/mol. The van der Waals surface area contributed by atoms with Crippen LogP contribution in [0.1, 0.15) is 117 Å². The number of rotatable bonds is 26. The van der Waals surface area contributed by atoms with Crippen LogP contribution in [0.3, 0.4) is 0 Å². The number of hydrogen-bond acceptors (Lipinski definition) is 4. The van der Waals surface area contributed by atoms with Crippen molar-refractivity contribution in [2.24, 2.45) is 0 Å². The Morgan fingerprint density at radius 2 is 0.672 bits per heavy atom. The molecule has 0 aliphatic rings. The smallest absolute Gasteiger partial charge is 0.125 e. The van der Waals surface area contributed by atoms with Crippen LogP contribution in [-0.2, 0) is 21.8 Å². The van der Waals surface area contributed by atoms with Crippen LogP contribution in [0.25, 0.3) is 0 Å². The molecule has 0 unspecified atom stereocenters. The lowest BCUT2D eigenvalue weighted by Crippen LogP contribution is -2.37. The van der Waals surface area contributed by atoms with Crippen molar-refractivity contribution >= 4 is 37.1 Å². The molecule has 0 atom stereocenters. The second-order valence-corrected chi connectivity index (χ2v) is 24.0. The van der Waals surface area contributed by atoms with E-state index >= 15 is 0 Å². The van der Waals surface area contributed by atoms with E-state index in [0.717, 1.165) is 82.0 Å². The van der Waals surface area contributed by atoms with Gasteiger partial charge >= 0.3 is 0 Å². The molecule has 6 aromatic rings. The molecule has 356 valence electrons. The molecule has 0 radical (unpaired) electrons. The van der Waals surface area contributed by atoms with Crippen LogP contribution in [-0.4, -0.2) is 37.6 Å². The average Bonchev–Trinajstić information content (AvgIpc) is 3.31. The molecule has 0 aromatic heterocycles. The van der Waals surface area contributed by atoms with E-state index in [-0.39, 0.29) is 11.2 Å². The third-order valence-electron chi connectivity index (χ3n) is 12.9. The Morgan fingerprint density at radius 1 is 0.373 bits per heavy atom. The summed E-state index contributed by atoms with van der Waals surface area (Å²) in [7, 11) is -1.07. The van der Waals surface area contributed by atoms with E-state index in [1.54, 1.807) is 0 Å². The SMILES string of the molecule is Cc1cc(C)c(OCCCCCOC(C)(C)CC(C)(C)OCCCCCOc2c(C)cc(C)c(CP(c3ccccc3)c3ccccc3)c2C)c(C)c1CP(c1ccccc1)c1ccccc1. The zero-order chi connectivity index (χ0) is 47.8. The van der Waals surface area contributed by atoms with Gasteiger partial charge in [-0.3, -0.25) is 0 Å². The van der Waals surface area contributed by atoms with Crippen molar-refractivity contribution in [2.75, 3.05) is 26.4 Å². The molecule has 0 saturated heterocycles. The molecule has 0 aliphatic heterocycles. The van der Waals surface area contributed by atoms with Crippen molar-refractivity contribution in [3.05, 3.63) is 178 Å². The lowest BCUT2D eigenvalue weighted by Gasteiger charge is -2.35. The molecule has 0 heterocycles. The summed E-state index contributed by atoms with van der Waals surface area (Å²) in [4.78, 5) is 0. The maximum absolute atomic E-state index is 6.56. The minimum Gasteiger partial charge on any atom is -0.493 e. The molecule has 0 saturated carbocycles. The molecular formula is C61H78O4P2. The molecule has 6 aromatic carbocycles. The Kier molecular flexibility index (Phi) is 19.7. The van der Waals surface area contributed by atoms with E-state index < -0.39 is 15.8 Å². The van der Waals surface area contributed by atoms with Gasteiger partial charge in [0.2, 0.25) is 0 Å². The molecule has 6 heteroatoms. The normalized spacial score (nSPS) is 12.0. The van der Waals surface area contributed by atoms with Gasteiger partial charge in [0.05, 0.1) is 24.4 Å². The maximum Gasteiger partial charge on any atom is 0.125 e. The Hall–Kier alpha value is -4.30. The van der Waals surface area contributed by atoms with Crippen molar-refractivity contribution < 1.29 is 18.9 Å². The number of hydrogen-bond donors (Lipinski definition) is 0. The van der Waals surface area contributed by atoms with Crippen molar-refractivity contribution in [3.8, 4) is 11.5 Å². The highest BCUT2D eigenvalue weighted by atomic mass is 31.1. The first-order valence-corrected chi connectivity index (χ1v) is 27.8. The Balaban J connectivity index is 0.889. The molecule has 0 aliphatic carbocycles. The van der Waals surface area contributed by atoms with Crippen LogP contribution in [0.2, 0.25) is 0 Å². The van der Waals surface area contributed by atoms with E-state index in [9.17, 15) is 0 Å². The molecule has 0 amide bonds. The van der Waals surface area contributed by atoms with E-state index in [4.69, 9.17) is 18.9 Å². The first-order chi connectivity index (χ1) is 32.2. The summed E-state index contributed by atoms with van der Waals surface area (Å²) in [6.07, 6.45) is 9.01. The summed E-state index contributed by atoms with van der Waals surface area (Å²) in [5.41, 5.74) is 9.99. The summed E-state index contributed by atoms with van der Waals surface area (Å²) in [5, 5.41) is 5.64. The second-order valence-electron chi connectivity index (χ2n) is 19.6. The van der Waals surface area contributed by atoms with Gasteiger partial charge in [0.25, 0.3) is 0 Å². The standard InChI is InChI=1S/C61H78O4P2/c1-46-41-48(3)58(50(5)56(46)43-66(52-29-17-11-18-30-52)53-31-19-12-20-32-53)62-37-25-15-27-39-64-60(7,8)45-61(9,10)65-40-28-16-26-38-63-59-49(4)42-47(2)57(51(59)6)44-67(54-33-21-13-22-34-54)55-35-23-14-24-36-55/h11-14,17-24,29-36,41-42H,15-16,25-28,37-40,43-45H2,1-10H3. The number of unbranched alkanes of at least 4 members (excludes halogenated alkanes) is 4. The van der Waals surface area contributed by atoms with E-state index in [1.165, 1.54) is 65.7 Å². The molecule has 0 bridgehead atoms. The topological polar surface area (TPSA) is 36.9 Å². The Bertz CT molecular complexity index is 2170. The van der Waals surface area contributed by atoms with Crippen LogP contribution in [0.15, 0.2) is 133 Å². The largest absolute Gasteiger partial charge is 0.493 e. The minimum atomic E-state index is -0.533. The Morgan fingerprint density at radius 3 is 0.985 bits per heavy atom. The average molecular weight is 937 g/mol. The quantitative estimate of drug-likeness (QED) is 0.0401. The van der Waals surface area contributed by atoms with Crippen LogP contribution < -0.4 is 30.7 Å². The Labute approximate surface area is 407 Å². The summed E-state index contributed by atoms with van der Waals surface area (Å²) >= 11 is 0. The zero-order valence-electron chi connectivity index (χ0n) is 42.4. The number of ether oxygens (including phenoxy) is 4. The number of aryl methyl sites for hydroxylation is 4. The van der Waals surface area contributed by atoms with Crippen molar-refractivity contribution in [3.63, 3.8) is 0 Å². The highest BCUT2D eigenvalue weighted by molar-refractivity contribution is 7.72. The lowest BCUT2D eigenvalue weighted by atomic mass is 9.92. The summed E-state index contributed by atoms with van der Waals surface area (Å²) in [6.45, 7) is 25.1. The molecule has 0 spiro atoms. The summed E-state index contributed by atoms with van der Waals surface area (Å²) in [6, 6.07) is 48.7. The lowest BCUT2D eigenvalue weighted by molar-refractivity contribution is -0.102. The molecule has 67 heavy (non-hydrogen) atoms. The van der Waals surface area contributed by atoms with Gasteiger partial charge in [-0.25, -0.2) is 0 Å². The fraction of sp³-hybridized carbons (Fsp3) is 0.410. The van der Waals surface area contributed by atoms with Gasteiger partial charge in [0.15, 0.2) is 0 Å². The van der Waals surface area contributed by atoms with Gasteiger partial charge in [0, 0.05) is 32.0 Å². The van der Waals surface area contributed by atoms with E-state index in [1.807, 2.05) is 0 Å². The van der Waals surface area contributed by atoms with Crippen LogP contribution in [0.5, 0.6) is 11.5 Å². The van der Waals surface area contributed by atoms with Crippen LogP contribution in [0.4, 0.5) is 0 Å². The predicted octanol–water partition coefficient (Wildman–Crippen LogP) is 14.6. The van der Waals surface area contributed by atoms with Crippen LogP contribution in [0, 0.1) is 41.5 Å². The first-order valence-electron chi connectivity index (χ1n) is 24.7. The van der Waals surface area contributed by atoms with E-state index in [2.05, 4.69) is 203 Å². The van der Waals surface area contributed by atoms with Crippen molar-refractivity contribution in [1.82, 2.24) is 0 Å². The van der Waals surface area contributed by atoms with Gasteiger partial charge in [-0.05, 0) is 189 Å². The zero-order valence-corrected chi connectivity index (χ0v) is 44.2. The second kappa shape index (κ2) is 25.3. The molecule has 0 fully saturated rings. The third kappa shape index (κ3) is 15.3. The van der Waals surface area contributed by atoms with Gasteiger partial charge in [-0.1, -0.05) is 133 Å². The minimum absolute atomic E-state index is 0.273. The molecular weight excluding hydrogens is 859 g/mol. The van der Waals surface area contributed by atoms with Crippen LogP contribution >= 0.6 is 15.8 Å². The van der Waals surface area contributed by atoms with Crippen molar-refractivity contribution in [2.45, 2.75) is 138 Å². The molecule has 0 N–H and O–H groups in total. The summed E-state index contributed by atoms with van der Waals surface area (Å²) < 4.78 is 26.1. The predicted molar refractivity (Wildman–Crippen MR) is 290 cm³/mol. The van der Waals surface area contributed by atoms with Crippen molar-refractivity contribution in [1.29, 1.82) is 0 Å².